The van der Waals surface area contributed by atoms with Crippen molar-refractivity contribution >= 4 is 17.1 Å². The highest BCUT2D eigenvalue weighted by molar-refractivity contribution is 6.02. The molecule has 1 aliphatic rings. The molecule has 1 aromatic heterocycles. The number of aromatic nitrogens is 1. The third kappa shape index (κ3) is 5.15. The highest BCUT2D eigenvalue weighted by atomic mass is 19.1. The maximum absolute atomic E-state index is 13.6. The number of ether oxygens (including phenoxy) is 1. The fraction of sp³-hybridized carbons (Fsp3) is 0.154. The number of esters is 1. The zero-order chi connectivity index (χ0) is 22.5. The number of benzene rings is 2. The maximum atomic E-state index is 13.6. The zero-order valence-corrected chi connectivity index (χ0v) is 17.1. The molecule has 2 atom stereocenters. The minimum atomic E-state index is -0.759. The minimum Gasteiger partial charge on any atom is -0.458 e. The molecule has 4 rings (SSSR count). The summed E-state index contributed by atoms with van der Waals surface area (Å²) in [5.41, 5.74) is 3.68. The highest BCUT2D eigenvalue weighted by Crippen LogP contribution is 2.34. The lowest BCUT2D eigenvalue weighted by molar-refractivity contribution is -0.156. The van der Waals surface area contributed by atoms with E-state index in [9.17, 15) is 18.7 Å². The molecule has 0 saturated carbocycles. The van der Waals surface area contributed by atoms with Crippen molar-refractivity contribution in [3.63, 3.8) is 0 Å². The smallest absolute Gasteiger partial charge is 0.309 e. The summed E-state index contributed by atoms with van der Waals surface area (Å²) in [6.45, 7) is 0. The lowest BCUT2D eigenvalue weighted by Gasteiger charge is -2.23. The van der Waals surface area contributed by atoms with Gasteiger partial charge in [0.1, 0.15) is 17.7 Å². The molecule has 2 heterocycles. The summed E-state index contributed by atoms with van der Waals surface area (Å²) in [4.78, 5) is 15.9. The fourth-order valence-corrected chi connectivity index (χ4v) is 3.69. The molecule has 32 heavy (non-hydrogen) atoms. The Labute approximate surface area is 184 Å². The Morgan fingerprint density at radius 3 is 2.12 bits per heavy atom. The Kier molecular flexibility index (Phi) is 6.52. The van der Waals surface area contributed by atoms with Crippen molar-refractivity contribution in [3.8, 4) is 0 Å². The molecule has 4 nitrogen and oxygen atoms in total. The van der Waals surface area contributed by atoms with Crippen LogP contribution in [-0.2, 0) is 9.53 Å². The third-order valence-electron chi connectivity index (χ3n) is 5.17. The molecule has 0 radical (unpaired) electrons. The molecule has 6 heteroatoms. The van der Waals surface area contributed by atoms with Gasteiger partial charge in [0.25, 0.3) is 0 Å². The van der Waals surface area contributed by atoms with Gasteiger partial charge in [-0.1, -0.05) is 36.4 Å². The van der Waals surface area contributed by atoms with Crippen LogP contribution in [0.2, 0.25) is 0 Å². The molecule has 2 unspecified atom stereocenters. The normalized spacial score (nSPS) is 18.4. The van der Waals surface area contributed by atoms with Gasteiger partial charge in [0.15, 0.2) is 0 Å². The molecule has 162 valence electrons. The molecule has 1 N–H and O–H groups in total. The van der Waals surface area contributed by atoms with Gasteiger partial charge in [-0.25, -0.2) is 8.78 Å². The first kappa shape index (κ1) is 21.6. The topological polar surface area (TPSA) is 59.4 Å². The fourth-order valence-electron chi connectivity index (χ4n) is 3.69. The first-order valence-electron chi connectivity index (χ1n) is 10.2. The molecule has 3 aromatic rings. The average Bonchev–Trinajstić information content (AvgIpc) is 2.78. The number of aliphatic hydroxyl groups is 1. The Morgan fingerprint density at radius 2 is 1.59 bits per heavy atom. The van der Waals surface area contributed by atoms with E-state index in [1.165, 1.54) is 24.3 Å². The third-order valence-corrected chi connectivity index (χ3v) is 5.17. The lowest BCUT2D eigenvalue weighted by Crippen LogP contribution is -2.31. The molecule has 1 fully saturated rings. The summed E-state index contributed by atoms with van der Waals surface area (Å²) >= 11 is 0. The Bertz CT molecular complexity index is 1090. The largest absolute Gasteiger partial charge is 0.458 e. The average molecular weight is 433 g/mol. The van der Waals surface area contributed by atoms with Crippen LogP contribution < -0.4 is 0 Å². The van der Waals surface area contributed by atoms with Crippen molar-refractivity contribution in [1.82, 2.24) is 4.98 Å². The molecule has 0 bridgehead atoms. The van der Waals surface area contributed by atoms with Crippen LogP contribution in [0.4, 0.5) is 8.78 Å². The van der Waals surface area contributed by atoms with Gasteiger partial charge in [-0.15, -0.1) is 0 Å². The Hall–Kier alpha value is -3.64. The summed E-state index contributed by atoms with van der Waals surface area (Å²) < 4.78 is 32.6. The van der Waals surface area contributed by atoms with Crippen molar-refractivity contribution in [2.45, 2.75) is 25.0 Å². The van der Waals surface area contributed by atoms with E-state index in [-0.39, 0.29) is 18.1 Å². The number of carbonyl (C=O) groups excluding carboxylic acids is 1. The van der Waals surface area contributed by atoms with Crippen LogP contribution >= 0.6 is 0 Å². The van der Waals surface area contributed by atoms with Crippen LogP contribution in [0.25, 0.3) is 11.1 Å². The summed E-state index contributed by atoms with van der Waals surface area (Å²) in [5.74, 6) is -1.19. The van der Waals surface area contributed by atoms with E-state index in [1.807, 2.05) is 6.07 Å². The van der Waals surface area contributed by atoms with Crippen molar-refractivity contribution in [1.29, 1.82) is 0 Å². The molecule has 1 saturated heterocycles. The van der Waals surface area contributed by atoms with E-state index >= 15 is 0 Å². The van der Waals surface area contributed by atoms with Gasteiger partial charge in [0.2, 0.25) is 0 Å². The highest BCUT2D eigenvalue weighted by Gasteiger charge is 2.25. The van der Waals surface area contributed by atoms with E-state index in [0.717, 1.165) is 27.8 Å². The number of allylic oxidation sites excluding steroid dienone is 2. The van der Waals surface area contributed by atoms with Crippen molar-refractivity contribution in [2.75, 3.05) is 0 Å². The monoisotopic (exact) mass is 433 g/mol. The van der Waals surface area contributed by atoms with Crippen LogP contribution in [0, 0.1) is 11.6 Å². The van der Waals surface area contributed by atoms with Crippen molar-refractivity contribution in [2.24, 2.45) is 0 Å². The molecule has 0 spiro atoms. The van der Waals surface area contributed by atoms with Crippen LogP contribution in [0.5, 0.6) is 0 Å². The summed E-state index contributed by atoms with van der Waals surface area (Å²) in [5, 5.41) is 9.92. The van der Waals surface area contributed by atoms with Gasteiger partial charge in [-0.05, 0) is 58.7 Å². The predicted molar refractivity (Wildman–Crippen MR) is 117 cm³/mol. The number of aliphatic hydroxyl groups excluding tert-OH is 1. The second kappa shape index (κ2) is 9.66. The number of nitrogens with zero attached hydrogens (tertiary/aromatic N) is 1. The van der Waals surface area contributed by atoms with E-state index < -0.39 is 18.2 Å². The molecule has 0 aliphatic carbocycles. The molecular formula is C26H21F2NO3. The first-order chi connectivity index (χ1) is 15.5. The van der Waals surface area contributed by atoms with Gasteiger partial charge in [0, 0.05) is 24.4 Å². The number of pyridine rings is 1. The number of hydrogen-bond donors (Lipinski definition) is 1. The van der Waals surface area contributed by atoms with Gasteiger partial charge in [-0.2, -0.15) is 0 Å². The summed E-state index contributed by atoms with van der Waals surface area (Å²) in [6, 6.07) is 15.7. The van der Waals surface area contributed by atoms with Crippen LogP contribution in [0.3, 0.4) is 0 Å². The van der Waals surface area contributed by atoms with Gasteiger partial charge in [0.05, 0.1) is 12.5 Å². The number of hydrogen-bond acceptors (Lipinski definition) is 4. The van der Waals surface area contributed by atoms with Gasteiger partial charge in [-0.3, -0.25) is 9.78 Å². The molecule has 0 amide bonds. The minimum absolute atomic E-state index is 0.0218. The van der Waals surface area contributed by atoms with Crippen LogP contribution in [0.1, 0.15) is 29.5 Å². The number of carbonyl (C=O) groups is 1. The Balaban J connectivity index is 1.89. The number of halogens is 2. The van der Waals surface area contributed by atoms with Crippen molar-refractivity contribution < 1.29 is 23.4 Å². The molecular weight excluding hydrogens is 412 g/mol. The second-order valence-electron chi connectivity index (χ2n) is 7.53. The first-order valence-corrected chi connectivity index (χ1v) is 10.2. The van der Waals surface area contributed by atoms with Gasteiger partial charge >= 0.3 is 5.97 Å². The number of rotatable bonds is 5. The summed E-state index contributed by atoms with van der Waals surface area (Å²) in [6.07, 6.45) is 5.79. The predicted octanol–water partition coefficient (Wildman–Crippen LogP) is 4.94. The SMILES string of the molecule is O=C1CC(O)CC(C=CC(=C(c2ccc(F)cc2)c2ccc(F)cc2)c2cccnc2)O1. The Morgan fingerprint density at radius 1 is 0.969 bits per heavy atom. The second-order valence-corrected chi connectivity index (χ2v) is 7.53. The quantitative estimate of drug-likeness (QED) is 0.457. The van der Waals surface area contributed by atoms with E-state index in [4.69, 9.17) is 4.74 Å². The van der Waals surface area contributed by atoms with Gasteiger partial charge < -0.3 is 9.84 Å². The number of cyclic esters (lactones) is 1. The molecule has 2 aromatic carbocycles. The van der Waals surface area contributed by atoms with Crippen LogP contribution in [0.15, 0.2) is 85.2 Å². The standard InChI is InChI=1S/C26H21F2NO3/c27-20-7-3-17(4-8-20)26(18-5-9-21(28)10-6-18)24(19-2-1-13-29-16-19)12-11-23-14-22(30)15-25(31)32-23/h1-13,16,22-23,30H,14-15H2. The molecule has 1 aliphatic heterocycles. The maximum Gasteiger partial charge on any atom is 0.309 e. The lowest BCUT2D eigenvalue weighted by atomic mass is 9.89. The van der Waals surface area contributed by atoms with Crippen molar-refractivity contribution in [3.05, 3.63) is 114 Å². The van der Waals surface area contributed by atoms with E-state index in [2.05, 4.69) is 4.98 Å². The van der Waals surface area contributed by atoms with E-state index in [1.54, 1.807) is 54.9 Å². The van der Waals surface area contributed by atoms with Crippen LogP contribution in [-0.4, -0.2) is 28.3 Å². The van der Waals surface area contributed by atoms with E-state index in [0.29, 0.717) is 6.42 Å². The zero-order valence-electron chi connectivity index (χ0n) is 17.1. The summed E-state index contributed by atoms with van der Waals surface area (Å²) in [7, 11) is 0.